The molecule has 3 aromatic rings. The van der Waals surface area contributed by atoms with Gasteiger partial charge in [-0.2, -0.15) is 0 Å². The van der Waals surface area contributed by atoms with Gasteiger partial charge in [0.2, 0.25) is 0 Å². The number of anilines is 1. The van der Waals surface area contributed by atoms with Crippen molar-refractivity contribution in [1.29, 1.82) is 0 Å². The van der Waals surface area contributed by atoms with Crippen molar-refractivity contribution in [2.75, 3.05) is 11.5 Å². The third-order valence-electron chi connectivity index (χ3n) is 4.44. The molecule has 1 atom stereocenters. The molecule has 1 heterocycles. The summed E-state index contributed by atoms with van der Waals surface area (Å²) in [6.07, 6.45) is 5.16. The quantitative estimate of drug-likeness (QED) is 0.690. The molecular formula is C20H18FN3OS. The molecule has 1 unspecified atom stereocenters. The number of benzene rings is 2. The van der Waals surface area contributed by atoms with Crippen LogP contribution in [0.4, 0.5) is 10.2 Å². The number of aromatic nitrogens is 2. The lowest BCUT2D eigenvalue weighted by Crippen LogP contribution is -2.09. The zero-order valence-electron chi connectivity index (χ0n) is 14.1. The summed E-state index contributed by atoms with van der Waals surface area (Å²) in [6, 6.07) is 12.5. The van der Waals surface area contributed by atoms with Gasteiger partial charge in [0.15, 0.2) is 4.90 Å². The van der Waals surface area contributed by atoms with Crippen molar-refractivity contribution in [3.63, 3.8) is 0 Å². The van der Waals surface area contributed by atoms with Gasteiger partial charge in [0.25, 0.3) is 0 Å². The van der Waals surface area contributed by atoms with Crippen molar-refractivity contribution in [2.24, 2.45) is 5.92 Å². The Kier molecular flexibility index (Phi) is 4.61. The van der Waals surface area contributed by atoms with Gasteiger partial charge >= 0.3 is 0 Å². The Hall–Kier alpha value is -2.44. The Labute approximate surface area is 154 Å². The molecule has 0 aliphatic heterocycles. The number of nitrogen functional groups attached to an aromatic ring is 1. The second kappa shape index (κ2) is 7.05. The summed E-state index contributed by atoms with van der Waals surface area (Å²) in [4.78, 5) is 8.84. The summed E-state index contributed by atoms with van der Waals surface area (Å²) >= 11 is -1.07. The number of halogens is 1. The summed E-state index contributed by atoms with van der Waals surface area (Å²) < 4.78 is 27.4. The van der Waals surface area contributed by atoms with Crippen LogP contribution in [-0.2, 0) is 11.2 Å². The molecule has 1 saturated carbocycles. The maximum atomic E-state index is 14.7. The summed E-state index contributed by atoms with van der Waals surface area (Å²) in [5.74, 6) is 1.13. The van der Waals surface area contributed by atoms with Crippen LogP contribution in [-0.4, -0.2) is 20.3 Å². The van der Waals surface area contributed by atoms with E-state index in [1.807, 2.05) is 30.3 Å². The molecule has 6 heteroatoms. The average Bonchev–Trinajstić information content (AvgIpc) is 3.46. The minimum atomic E-state index is -1.07. The first kappa shape index (κ1) is 17.0. The van der Waals surface area contributed by atoms with E-state index in [1.54, 1.807) is 6.07 Å². The predicted molar refractivity (Wildman–Crippen MR) is 101 cm³/mol. The highest BCUT2D eigenvalue weighted by Gasteiger charge is 2.29. The number of rotatable bonds is 5. The molecular weight excluding hydrogens is 349 g/mol. The van der Waals surface area contributed by atoms with Crippen molar-refractivity contribution in [1.82, 2.24) is 9.97 Å². The van der Waals surface area contributed by atoms with Crippen LogP contribution in [0.3, 0.4) is 0 Å². The zero-order chi connectivity index (χ0) is 18.1. The first-order valence-electron chi connectivity index (χ1n) is 8.47. The third-order valence-corrected chi connectivity index (χ3v) is 6.06. The molecule has 0 amide bonds. The van der Waals surface area contributed by atoms with E-state index in [0.717, 1.165) is 23.3 Å². The van der Waals surface area contributed by atoms with Crippen LogP contribution in [0.2, 0.25) is 0 Å². The molecule has 1 aliphatic carbocycles. The van der Waals surface area contributed by atoms with Crippen molar-refractivity contribution in [2.45, 2.75) is 17.7 Å². The highest BCUT2D eigenvalue weighted by molar-refractivity contribution is 7.91. The highest BCUT2D eigenvalue weighted by Crippen LogP contribution is 2.36. The van der Waals surface area contributed by atoms with Crippen LogP contribution in [0.15, 0.2) is 59.8 Å². The van der Waals surface area contributed by atoms with Gasteiger partial charge in [-0.15, -0.1) is 0 Å². The molecule has 0 spiro atoms. The second-order valence-electron chi connectivity index (χ2n) is 6.47. The zero-order valence-corrected chi connectivity index (χ0v) is 14.9. The van der Waals surface area contributed by atoms with E-state index in [-0.39, 0.29) is 5.82 Å². The van der Waals surface area contributed by atoms with E-state index >= 15 is 0 Å². The SMILES string of the molecule is Nc1cnc(-c2ccc(-c3ccccc3[S+]([O-])CC3CC3)cc2F)cn1. The Morgan fingerprint density at radius 1 is 1.08 bits per heavy atom. The minimum absolute atomic E-state index is 0.290. The molecule has 2 N–H and O–H groups in total. The lowest BCUT2D eigenvalue weighted by Gasteiger charge is -2.14. The smallest absolute Gasteiger partial charge is 0.160 e. The molecule has 0 radical (unpaired) electrons. The van der Waals surface area contributed by atoms with Gasteiger partial charge in [0.1, 0.15) is 17.4 Å². The summed E-state index contributed by atoms with van der Waals surface area (Å²) in [6.45, 7) is 0. The molecule has 1 fully saturated rings. The largest absolute Gasteiger partial charge is 0.611 e. The molecule has 1 aromatic heterocycles. The normalized spacial score (nSPS) is 15.0. The molecule has 1 aliphatic rings. The van der Waals surface area contributed by atoms with E-state index in [0.29, 0.717) is 28.5 Å². The van der Waals surface area contributed by atoms with Gasteiger partial charge in [-0.25, -0.2) is 9.37 Å². The van der Waals surface area contributed by atoms with Gasteiger partial charge in [0.05, 0.1) is 18.1 Å². The fourth-order valence-corrected chi connectivity index (χ4v) is 4.46. The fourth-order valence-electron chi connectivity index (χ4n) is 2.86. The minimum Gasteiger partial charge on any atom is -0.611 e. The standard InChI is InChI=1S/C20H18FN3OS/c21-17-9-14(7-8-16(17)18-10-24-20(22)11-23-18)15-3-1-2-4-19(15)26(25)12-13-5-6-13/h1-4,7-11,13H,5-6,12H2,(H2,22,24). The maximum Gasteiger partial charge on any atom is 0.160 e. The average molecular weight is 367 g/mol. The van der Waals surface area contributed by atoms with Crippen molar-refractivity contribution >= 4 is 17.0 Å². The lowest BCUT2D eigenvalue weighted by molar-refractivity contribution is 0.591. The summed E-state index contributed by atoms with van der Waals surface area (Å²) in [7, 11) is 0. The van der Waals surface area contributed by atoms with Crippen molar-refractivity contribution in [3.8, 4) is 22.4 Å². The number of hydrogen-bond donors (Lipinski definition) is 1. The molecule has 2 aromatic carbocycles. The van der Waals surface area contributed by atoms with Gasteiger partial charge in [-0.05, 0) is 53.8 Å². The maximum absolute atomic E-state index is 14.7. The number of nitrogens with zero attached hydrogens (tertiary/aromatic N) is 2. The van der Waals surface area contributed by atoms with E-state index < -0.39 is 17.0 Å². The Morgan fingerprint density at radius 3 is 2.58 bits per heavy atom. The van der Waals surface area contributed by atoms with E-state index in [4.69, 9.17) is 5.73 Å². The topological polar surface area (TPSA) is 74.9 Å². The fraction of sp³-hybridized carbons (Fsp3) is 0.200. The molecule has 0 bridgehead atoms. The van der Waals surface area contributed by atoms with Crippen LogP contribution in [0.5, 0.6) is 0 Å². The third kappa shape index (κ3) is 3.57. The van der Waals surface area contributed by atoms with Crippen LogP contribution in [0.25, 0.3) is 22.4 Å². The van der Waals surface area contributed by atoms with Crippen molar-refractivity contribution in [3.05, 3.63) is 60.7 Å². The van der Waals surface area contributed by atoms with Crippen LogP contribution in [0, 0.1) is 11.7 Å². The molecule has 0 saturated heterocycles. The monoisotopic (exact) mass is 367 g/mol. The van der Waals surface area contributed by atoms with Gasteiger partial charge < -0.3 is 10.3 Å². The summed E-state index contributed by atoms with van der Waals surface area (Å²) in [5, 5.41) is 0. The van der Waals surface area contributed by atoms with Gasteiger partial charge in [-0.1, -0.05) is 18.2 Å². The number of hydrogen-bond acceptors (Lipinski definition) is 4. The van der Waals surface area contributed by atoms with Gasteiger partial charge in [0, 0.05) is 17.0 Å². The number of nitrogens with two attached hydrogens (primary N) is 1. The van der Waals surface area contributed by atoms with E-state index in [9.17, 15) is 8.94 Å². The second-order valence-corrected chi connectivity index (χ2v) is 7.94. The Balaban J connectivity index is 1.68. The predicted octanol–water partition coefficient (Wildman–Crippen LogP) is 4.05. The lowest BCUT2D eigenvalue weighted by atomic mass is 10.0. The Bertz CT molecular complexity index is 929. The Morgan fingerprint density at radius 2 is 1.88 bits per heavy atom. The molecule has 132 valence electrons. The van der Waals surface area contributed by atoms with E-state index in [1.165, 1.54) is 18.5 Å². The summed E-state index contributed by atoms with van der Waals surface area (Å²) in [5.41, 5.74) is 7.82. The molecule has 26 heavy (non-hydrogen) atoms. The van der Waals surface area contributed by atoms with Gasteiger partial charge in [-0.3, -0.25) is 4.98 Å². The molecule has 4 nitrogen and oxygen atoms in total. The van der Waals surface area contributed by atoms with E-state index in [2.05, 4.69) is 9.97 Å². The highest BCUT2D eigenvalue weighted by atomic mass is 32.2. The van der Waals surface area contributed by atoms with Crippen LogP contribution < -0.4 is 5.73 Å². The molecule has 4 rings (SSSR count). The van der Waals surface area contributed by atoms with Crippen LogP contribution >= 0.6 is 0 Å². The van der Waals surface area contributed by atoms with Crippen molar-refractivity contribution < 1.29 is 8.94 Å². The first-order valence-corrected chi connectivity index (χ1v) is 9.79. The van der Waals surface area contributed by atoms with Crippen LogP contribution in [0.1, 0.15) is 12.8 Å². The first-order chi connectivity index (χ1) is 12.6.